The summed E-state index contributed by atoms with van der Waals surface area (Å²) in [6.07, 6.45) is 14.1. The van der Waals surface area contributed by atoms with Crippen LogP contribution in [0.15, 0.2) is 138 Å². The van der Waals surface area contributed by atoms with Gasteiger partial charge in [0.05, 0.1) is 42.0 Å². The predicted octanol–water partition coefficient (Wildman–Crippen LogP) is 16.7. The fourth-order valence-corrected chi connectivity index (χ4v) is 14.6. The van der Waals surface area contributed by atoms with Gasteiger partial charge < -0.3 is 29.3 Å². The zero-order valence-corrected chi connectivity index (χ0v) is 46.1. The second-order valence-electron chi connectivity index (χ2n) is 19.1. The fourth-order valence-electron chi connectivity index (χ4n) is 10.1. The molecule has 3 aliphatic heterocycles. The first-order valence-corrected chi connectivity index (χ1v) is 29.8. The van der Waals surface area contributed by atoms with Gasteiger partial charge in [0, 0.05) is 49.7 Å². The van der Waals surface area contributed by atoms with Crippen LogP contribution in [-0.2, 0) is 14.4 Å². The first-order chi connectivity index (χ1) is 37.3. The molecule has 3 aliphatic rings. The van der Waals surface area contributed by atoms with Crippen LogP contribution in [0.25, 0.3) is 47.4 Å². The number of rotatable bonds is 24. The number of amides is 2. The lowest BCUT2D eigenvalue weighted by molar-refractivity contribution is -0.132. The van der Waals surface area contributed by atoms with E-state index in [0.29, 0.717) is 59.5 Å². The number of para-hydroxylation sites is 2. The fraction of sp³-hybridized carbons (Fsp3) is 0.290. The molecule has 0 unspecified atom stereocenters. The highest BCUT2D eigenvalue weighted by molar-refractivity contribution is 7.25. The van der Waals surface area contributed by atoms with Gasteiger partial charge in [0.15, 0.2) is 11.5 Å². The van der Waals surface area contributed by atoms with Crippen LogP contribution in [-0.4, -0.2) is 59.0 Å². The van der Waals surface area contributed by atoms with E-state index in [0.717, 1.165) is 127 Å². The minimum Gasteiger partial charge on any atom is -0.485 e. The molecule has 0 atom stereocenters. The summed E-state index contributed by atoms with van der Waals surface area (Å²) < 4.78 is 12.9. The van der Waals surface area contributed by atoms with Crippen LogP contribution >= 0.6 is 45.3 Å². The number of carbonyl (C=O) groups excluding carboxylic acids is 2. The Hall–Kier alpha value is -7.02. The van der Waals surface area contributed by atoms with Gasteiger partial charge in [-0.2, -0.15) is 5.26 Å². The zero-order chi connectivity index (χ0) is 52.5. The van der Waals surface area contributed by atoms with E-state index in [-0.39, 0.29) is 17.4 Å². The molecule has 0 saturated carbocycles. The van der Waals surface area contributed by atoms with Gasteiger partial charge in [-0.15, -0.1) is 45.3 Å². The Kier molecular flexibility index (Phi) is 16.8. The summed E-state index contributed by atoms with van der Waals surface area (Å²) >= 11 is 6.12. The number of carboxylic acid groups (broad SMARTS) is 1. The van der Waals surface area contributed by atoms with Crippen LogP contribution in [0.4, 0.5) is 17.1 Å². The van der Waals surface area contributed by atoms with Crippen LogP contribution in [0.5, 0.6) is 11.5 Å². The summed E-state index contributed by atoms with van der Waals surface area (Å²) in [4.78, 5) is 55.3. The standard InChI is InChI=1S/C62H60N4O6S4/c1-3-5-7-9-11-19-35-64-54(49-32-31-48(74-49)47-30-29-46(73-47)39-42(40-63)62(69)70)52-53(61(64)68)55(65(60(52)67)36-20-12-10-8-6-4-2)50-33-34-51(75-50)59-57-56(71-37-38-72-57)58(76-59)41-25-27-45(28-26-41)66(43-21-15-13-16-22-43)44-23-17-14-18-24-44/h13-18,21-34,39H,3-12,19-20,35-38H2,1-2H3,(H,69,70)/b42-39-. The number of aliphatic carboxylic acids is 1. The number of ether oxygens (including phenoxy) is 2. The smallest absolute Gasteiger partial charge is 0.346 e. The Labute approximate surface area is 461 Å². The van der Waals surface area contributed by atoms with Crippen molar-refractivity contribution in [3.05, 3.63) is 153 Å². The van der Waals surface area contributed by atoms with Gasteiger partial charge in [-0.25, -0.2) is 4.79 Å². The number of thiophene rings is 4. The minimum absolute atomic E-state index is 0.146. The highest BCUT2D eigenvalue weighted by atomic mass is 32.1. The van der Waals surface area contributed by atoms with E-state index in [1.165, 1.54) is 41.6 Å². The molecular weight excluding hydrogens is 1020 g/mol. The summed E-state index contributed by atoms with van der Waals surface area (Å²) in [5.41, 5.74) is 6.10. The maximum atomic E-state index is 15.3. The summed E-state index contributed by atoms with van der Waals surface area (Å²) in [5, 5.41) is 18.9. The van der Waals surface area contributed by atoms with E-state index in [9.17, 15) is 15.2 Å². The molecule has 0 radical (unpaired) electrons. The Morgan fingerprint density at radius 1 is 0.566 bits per heavy atom. The molecule has 2 amide bonds. The lowest BCUT2D eigenvalue weighted by Crippen LogP contribution is -2.30. The molecule has 0 fully saturated rings. The molecular formula is C62H60N4O6S4. The van der Waals surface area contributed by atoms with Gasteiger partial charge in [-0.1, -0.05) is 127 Å². The van der Waals surface area contributed by atoms with E-state index < -0.39 is 5.97 Å². The summed E-state index contributed by atoms with van der Waals surface area (Å²) in [5.74, 6) is -0.128. The Morgan fingerprint density at radius 3 is 1.57 bits per heavy atom. The van der Waals surface area contributed by atoms with Crippen LogP contribution < -0.4 is 14.4 Å². The topological polar surface area (TPSA) is 123 Å². The molecule has 1 N–H and O–H groups in total. The number of hydrogen-bond acceptors (Lipinski definition) is 11. The second-order valence-corrected chi connectivity index (χ2v) is 23.4. The van der Waals surface area contributed by atoms with E-state index in [1.807, 2.05) is 46.2 Å². The van der Waals surface area contributed by atoms with Crippen LogP contribution in [0.3, 0.4) is 0 Å². The first-order valence-electron chi connectivity index (χ1n) is 26.5. The van der Waals surface area contributed by atoms with Crippen molar-refractivity contribution < 1.29 is 29.0 Å². The van der Waals surface area contributed by atoms with Crippen molar-refractivity contribution in [2.75, 3.05) is 31.2 Å². The van der Waals surface area contributed by atoms with E-state index in [4.69, 9.17) is 9.47 Å². The predicted molar refractivity (Wildman–Crippen MR) is 312 cm³/mol. The van der Waals surface area contributed by atoms with Crippen molar-refractivity contribution in [2.24, 2.45) is 0 Å². The van der Waals surface area contributed by atoms with Gasteiger partial charge in [-0.05, 0) is 97.3 Å². The normalized spacial score (nSPS) is 14.3. The number of benzene rings is 3. The second kappa shape index (κ2) is 24.3. The highest BCUT2D eigenvalue weighted by Crippen LogP contribution is 2.57. The number of carboxylic acids is 1. The Bertz CT molecular complexity index is 3320. The van der Waals surface area contributed by atoms with Gasteiger partial charge in [0.2, 0.25) is 0 Å². The lowest BCUT2D eigenvalue weighted by Gasteiger charge is -2.25. The monoisotopic (exact) mass is 1080 g/mol. The number of nitrogens with zero attached hydrogens (tertiary/aromatic N) is 4. The third kappa shape index (κ3) is 11.0. The maximum Gasteiger partial charge on any atom is 0.346 e. The first kappa shape index (κ1) is 52.4. The van der Waals surface area contributed by atoms with Crippen molar-refractivity contribution >= 4 is 97.7 Å². The summed E-state index contributed by atoms with van der Waals surface area (Å²) in [7, 11) is 0. The van der Waals surface area contributed by atoms with Crippen LogP contribution in [0.1, 0.15) is 106 Å². The van der Waals surface area contributed by atoms with Gasteiger partial charge in [-0.3, -0.25) is 9.59 Å². The molecule has 76 heavy (non-hydrogen) atoms. The number of fused-ring (bicyclic) bond motifs is 2. The van der Waals surface area contributed by atoms with Crippen molar-refractivity contribution in [3.8, 4) is 47.5 Å². The minimum atomic E-state index is -1.27. The van der Waals surface area contributed by atoms with E-state index >= 15 is 9.59 Å². The number of anilines is 3. The molecule has 14 heteroatoms. The molecule has 4 aromatic heterocycles. The van der Waals surface area contributed by atoms with Crippen molar-refractivity contribution in [3.63, 3.8) is 0 Å². The molecule has 10 rings (SSSR count). The van der Waals surface area contributed by atoms with E-state index in [1.54, 1.807) is 28.7 Å². The van der Waals surface area contributed by atoms with Crippen LogP contribution in [0.2, 0.25) is 0 Å². The maximum absolute atomic E-state index is 15.3. The molecule has 0 spiro atoms. The quantitative estimate of drug-likeness (QED) is 0.0361. The molecule has 0 aliphatic carbocycles. The largest absolute Gasteiger partial charge is 0.485 e. The molecule has 388 valence electrons. The van der Waals surface area contributed by atoms with Gasteiger partial charge in [0.25, 0.3) is 11.8 Å². The van der Waals surface area contributed by atoms with Crippen LogP contribution in [0, 0.1) is 11.3 Å². The number of nitriles is 1. The lowest BCUT2D eigenvalue weighted by atomic mass is 10.1. The number of unbranched alkanes of at least 4 members (excludes halogenated alkanes) is 10. The average Bonchev–Trinajstić information content (AvgIpc) is 4.39. The third-order valence-corrected chi connectivity index (χ3v) is 18.7. The Balaban J connectivity index is 1.02. The molecule has 10 nitrogen and oxygen atoms in total. The van der Waals surface area contributed by atoms with Gasteiger partial charge >= 0.3 is 5.97 Å². The van der Waals surface area contributed by atoms with Crippen molar-refractivity contribution in [1.29, 1.82) is 5.26 Å². The average molecular weight is 1090 g/mol. The number of hydrogen-bond donors (Lipinski definition) is 1. The summed E-state index contributed by atoms with van der Waals surface area (Å²) in [6.45, 7) is 6.27. The molecule has 0 saturated heterocycles. The molecule has 7 aromatic rings. The molecule has 0 bridgehead atoms. The van der Waals surface area contributed by atoms with Gasteiger partial charge in [0.1, 0.15) is 24.9 Å². The SMILES string of the molecule is CCCCCCCCN1C(=O)C2=C(c3ccc(-c4sc(-c5ccc(N(c6ccccc6)c6ccccc6)cc5)c5c4OCCO5)s3)N(CCCCCCCC)C(=O)C2=C1c1ccc(-c2ccc(/C=C(/C#N)C(=O)O)s2)s1. The van der Waals surface area contributed by atoms with Crippen molar-refractivity contribution in [1.82, 2.24) is 9.80 Å². The zero-order valence-electron chi connectivity index (χ0n) is 42.8. The highest BCUT2D eigenvalue weighted by Gasteiger charge is 2.49. The summed E-state index contributed by atoms with van der Waals surface area (Å²) in [6, 6.07) is 43.0. The number of carbonyl (C=O) groups is 3. The molecule has 7 heterocycles. The van der Waals surface area contributed by atoms with Crippen molar-refractivity contribution in [2.45, 2.75) is 90.9 Å². The Morgan fingerprint density at radius 2 is 1.03 bits per heavy atom. The van der Waals surface area contributed by atoms with E-state index in [2.05, 4.69) is 104 Å². The molecule has 3 aromatic carbocycles. The third-order valence-electron chi connectivity index (χ3n) is 13.9.